The van der Waals surface area contributed by atoms with Crippen molar-refractivity contribution in [1.29, 1.82) is 0 Å². The van der Waals surface area contributed by atoms with Crippen LogP contribution in [0.5, 0.6) is 0 Å². The fourth-order valence-corrected chi connectivity index (χ4v) is 5.86. The number of benzene rings is 2. The van der Waals surface area contributed by atoms with Crippen molar-refractivity contribution in [2.75, 3.05) is 30.5 Å². The lowest BCUT2D eigenvalue weighted by Crippen LogP contribution is -2.51. The summed E-state index contributed by atoms with van der Waals surface area (Å²) in [4.78, 5) is 42.9. The summed E-state index contributed by atoms with van der Waals surface area (Å²) in [6.07, 6.45) is 0.998. The van der Waals surface area contributed by atoms with Crippen molar-refractivity contribution < 1.29 is 14.3 Å². The van der Waals surface area contributed by atoms with Crippen molar-refractivity contribution >= 4 is 55.2 Å². The van der Waals surface area contributed by atoms with Gasteiger partial charge in [0.15, 0.2) is 6.10 Å². The molecule has 4 heterocycles. The van der Waals surface area contributed by atoms with Crippen LogP contribution in [0.25, 0.3) is 33.3 Å². The minimum absolute atomic E-state index is 0.166. The highest BCUT2D eigenvalue weighted by Gasteiger charge is 2.36. The van der Waals surface area contributed by atoms with E-state index >= 15 is 0 Å². The zero-order valence-corrected chi connectivity index (χ0v) is 23.4. The van der Waals surface area contributed by atoms with Crippen LogP contribution in [-0.4, -0.2) is 57.2 Å². The Hall–Kier alpha value is -4.22. The summed E-state index contributed by atoms with van der Waals surface area (Å²) in [5.74, 6) is 0.00616. The predicted octanol–water partition coefficient (Wildman–Crippen LogP) is 4.74. The van der Waals surface area contributed by atoms with E-state index in [1.54, 1.807) is 6.20 Å². The normalized spacial score (nSPS) is 18.1. The van der Waals surface area contributed by atoms with Gasteiger partial charge in [-0.1, -0.05) is 40.2 Å². The van der Waals surface area contributed by atoms with Crippen molar-refractivity contribution in [3.05, 3.63) is 82.9 Å². The van der Waals surface area contributed by atoms with Crippen LogP contribution < -0.4 is 15.8 Å². The molecule has 3 N–H and O–H groups in total. The summed E-state index contributed by atoms with van der Waals surface area (Å²) < 4.78 is 10.5. The van der Waals surface area contributed by atoms with Gasteiger partial charge in [0.2, 0.25) is 0 Å². The van der Waals surface area contributed by atoms with Crippen LogP contribution in [0, 0.1) is 0 Å². The third-order valence-electron chi connectivity index (χ3n) is 7.06. The molecule has 1 fully saturated rings. The summed E-state index contributed by atoms with van der Waals surface area (Å²) in [7, 11) is 1.34. The minimum atomic E-state index is -0.752. The van der Waals surface area contributed by atoms with Crippen molar-refractivity contribution in [3.63, 3.8) is 0 Å². The Balaban J connectivity index is 1.42. The molecule has 3 atom stereocenters. The first-order chi connectivity index (χ1) is 19.4. The van der Waals surface area contributed by atoms with Gasteiger partial charge in [0, 0.05) is 23.8 Å². The molecule has 0 spiro atoms. The van der Waals surface area contributed by atoms with E-state index in [4.69, 9.17) is 14.5 Å². The summed E-state index contributed by atoms with van der Waals surface area (Å²) in [5.41, 5.74) is 4.73. The van der Waals surface area contributed by atoms with Crippen molar-refractivity contribution in [3.8, 4) is 11.4 Å². The number of esters is 1. The number of H-pyrrole nitrogens is 2. The Morgan fingerprint density at radius 3 is 2.77 bits per heavy atom. The number of ether oxygens (including phenoxy) is 2. The van der Waals surface area contributed by atoms with E-state index in [0.717, 1.165) is 27.8 Å². The molecule has 1 aliphatic rings. The zero-order valence-electron chi connectivity index (χ0n) is 21.8. The second-order valence-corrected chi connectivity index (χ2v) is 10.5. The number of aromatic nitrogens is 4. The standard InChI is InChI=1S/C29H27BrN6O4/c1-16(19-8-5-6-12-31-19)32-24-18-7-3-4-9-20(18)35-28(37)23(24)27-33-21-11-10-17(15-22(21)34-27)36-13-14-40-25(26(36)30)29(38)39-2/h3-12,15-16,25-26H,13-14H2,1-2H3,(H,33,34)(H2,32,35,37)/t16-,25?,26?/m0/s1. The van der Waals surface area contributed by atoms with Gasteiger partial charge in [-0.15, -0.1) is 0 Å². The fourth-order valence-electron chi connectivity index (χ4n) is 5.05. The highest BCUT2D eigenvalue weighted by molar-refractivity contribution is 9.09. The number of aromatic amines is 2. The monoisotopic (exact) mass is 602 g/mol. The summed E-state index contributed by atoms with van der Waals surface area (Å²) in [6, 6.07) is 19.1. The number of fused-ring (bicyclic) bond motifs is 2. The number of carbonyl (C=O) groups is 1. The molecule has 2 unspecified atom stereocenters. The van der Waals surface area contributed by atoms with E-state index in [1.165, 1.54) is 7.11 Å². The molecule has 0 saturated carbocycles. The van der Waals surface area contributed by atoms with Crippen LogP contribution >= 0.6 is 15.9 Å². The molecule has 3 aromatic heterocycles. The number of para-hydroxylation sites is 1. The number of halogens is 1. The largest absolute Gasteiger partial charge is 0.467 e. The van der Waals surface area contributed by atoms with Crippen LogP contribution in [0.4, 0.5) is 11.4 Å². The van der Waals surface area contributed by atoms with Crippen LogP contribution in [-0.2, 0) is 14.3 Å². The number of methoxy groups -OCH3 is 1. The molecule has 5 aromatic rings. The van der Waals surface area contributed by atoms with Gasteiger partial charge in [-0.2, -0.15) is 0 Å². The molecular formula is C29H27BrN6O4. The van der Waals surface area contributed by atoms with Gasteiger partial charge in [0.25, 0.3) is 5.56 Å². The molecule has 6 rings (SSSR count). The van der Waals surface area contributed by atoms with Gasteiger partial charge in [-0.25, -0.2) is 9.78 Å². The van der Waals surface area contributed by atoms with E-state index < -0.39 is 17.0 Å². The quantitative estimate of drug-likeness (QED) is 0.145. The molecular weight excluding hydrogens is 576 g/mol. The number of nitrogens with zero attached hydrogens (tertiary/aromatic N) is 3. The molecule has 10 nitrogen and oxygen atoms in total. The van der Waals surface area contributed by atoms with Gasteiger partial charge in [-0.05, 0) is 43.3 Å². The summed E-state index contributed by atoms with van der Waals surface area (Å²) in [5, 5.41) is 4.39. The van der Waals surface area contributed by atoms with Gasteiger partial charge < -0.3 is 29.7 Å². The maximum Gasteiger partial charge on any atom is 0.338 e. The average molecular weight is 603 g/mol. The van der Waals surface area contributed by atoms with Crippen LogP contribution in [0.15, 0.2) is 71.7 Å². The Kier molecular flexibility index (Phi) is 6.99. The lowest BCUT2D eigenvalue weighted by Gasteiger charge is -2.38. The molecule has 2 aromatic carbocycles. The number of anilines is 2. The predicted molar refractivity (Wildman–Crippen MR) is 158 cm³/mol. The Bertz CT molecular complexity index is 1750. The third kappa shape index (κ3) is 4.71. The number of nitrogens with one attached hydrogen (secondary N) is 3. The van der Waals surface area contributed by atoms with Crippen molar-refractivity contribution in [1.82, 2.24) is 19.9 Å². The summed E-state index contributed by atoms with van der Waals surface area (Å²) in [6.45, 7) is 2.97. The SMILES string of the molecule is COC(=O)C1OCCN(c2ccc3nc(-c4c(N[C@@H](C)c5ccccn5)c5ccccc5[nH]c4=O)[nH]c3c2)C1Br. The number of pyridine rings is 2. The third-order valence-corrected chi connectivity index (χ3v) is 8.03. The number of morpholine rings is 1. The lowest BCUT2D eigenvalue weighted by atomic mass is 10.1. The highest BCUT2D eigenvalue weighted by atomic mass is 79.9. The van der Waals surface area contributed by atoms with Crippen molar-refractivity contribution in [2.24, 2.45) is 0 Å². The van der Waals surface area contributed by atoms with Crippen LogP contribution in [0.3, 0.4) is 0 Å². The van der Waals surface area contributed by atoms with Gasteiger partial charge >= 0.3 is 5.97 Å². The smallest absolute Gasteiger partial charge is 0.338 e. The average Bonchev–Trinajstić information content (AvgIpc) is 3.40. The lowest BCUT2D eigenvalue weighted by molar-refractivity contribution is -0.155. The molecule has 0 radical (unpaired) electrons. The second-order valence-electron chi connectivity index (χ2n) is 9.54. The van der Waals surface area contributed by atoms with Crippen molar-refractivity contribution in [2.45, 2.75) is 24.0 Å². The molecule has 1 aliphatic heterocycles. The van der Waals surface area contributed by atoms with Gasteiger partial charge in [0.05, 0.1) is 47.7 Å². The second kappa shape index (κ2) is 10.7. The Morgan fingerprint density at radius 2 is 1.98 bits per heavy atom. The summed E-state index contributed by atoms with van der Waals surface area (Å²) >= 11 is 3.60. The number of carbonyl (C=O) groups excluding carboxylic acids is 1. The minimum Gasteiger partial charge on any atom is -0.467 e. The van der Waals surface area contributed by atoms with Gasteiger partial charge in [0.1, 0.15) is 16.3 Å². The highest BCUT2D eigenvalue weighted by Crippen LogP contribution is 2.34. The molecule has 1 saturated heterocycles. The molecule has 40 heavy (non-hydrogen) atoms. The molecule has 204 valence electrons. The fraction of sp³-hybridized carbons (Fsp3) is 0.241. The number of hydrogen-bond donors (Lipinski definition) is 3. The van der Waals surface area contributed by atoms with E-state index in [-0.39, 0.29) is 11.6 Å². The number of imidazole rings is 1. The first kappa shape index (κ1) is 26.0. The Morgan fingerprint density at radius 1 is 1.15 bits per heavy atom. The zero-order chi connectivity index (χ0) is 27.8. The van der Waals surface area contributed by atoms with Gasteiger partial charge in [-0.3, -0.25) is 9.78 Å². The first-order valence-corrected chi connectivity index (χ1v) is 13.8. The first-order valence-electron chi connectivity index (χ1n) is 12.9. The Labute approximate surface area is 237 Å². The van der Waals surface area contributed by atoms with E-state index in [9.17, 15) is 9.59 Å². The van der Waals surface area contributed by atoms with E-state index in [1.807, 2.05) is 72.5 Å². The number of rotatable bonds is 6. The van der Waals surface area contributed by atoms with E-state index in [2.05, 4.69) is 36.2 Å². The molecule has 0 aliphatic carbocycles. The molecule has 0 bridgehead atoms. The van der Waals surface area contributed by atoms with Crippen LogP contribution in [0.2, 0.25) is 0 Å². The number of alkyl halides is 1. The van der Waals surface area contributed by atoms with E-state index in [0.29, 0.717) is 35.7 Å². The maximum absolute atomic E-state index is 13.5. The maximum atomic E-state index is 13.5. The topological polar surface area (TPSA) is 125 Å². The molecule has 11 heteroatoms. The number of hydrogen-bond acceptors (Lipinski definition) is 8. The van der Waals surface area contributed by atoms with Crippen LogP contribution in [0.1, 0.15) is 18.7 Å². The molecule has 0 amide bonds.